The standard InChI is InChI=1S/C10H12OS/c1-11-10-6-4-3-5-9(10)7-8-12-2/h3-8H,1-2H3/b8-7+. The molecule has 1 rings (SSSR count). The molecule has 0 heterocycles. The molecule has 0 aliphatic heterocycles. The van der Waals surface area contributed by atoms with Crippen LogP contribution in [0.15, 0.2) is 29.7 Å². The van der Waals surface area contributed by atoms with E-state index in [-0.39, 0.29) is 0 Å². The van der Waals surface area contributed by atoms with Gasteiger partial charge in [0.15, 0.2) is 0 Å². The molecule has 1 nitrogen and oxygen atoms in total. The first-order valence-corrected chi connectivity index (χ1v) is 4.99. The first-order valence-electron chi connectivity index (χ1n) is 3.71. The summed E-state index contributed by atoms with van der Waals surface area (Å²) >= 11 is 1.68. The molecule has 1 aromatic carbocycles. The summed E-state index contributed by atoms with van der Waals surface area (Å²) in [6.07, 6.45) is 4.08. The van der Waals surface area contributed by atoms with Gasteiger partial charge < -0.3 is 4.74 Å². The van der Waals surface area contributed by atoms with Crippen molar-refractivity contribution in [1.82, 2.24) is 0 Å². The Labute approximate surface area is 77.4 Å². The first kappa shape index (κ1) is 9.20. The SMILES string of the molecule is COc1ccccc1/C=C/SC. The average molecular weight is 180 g/mol. The van der Waals surface area contributed by atoms with Crippen molar-refractivity contribution in [1.29, 1.82) is 0 Å². The Morgan fingerprint density at radius 3 is 2.75 bits per heavy atom. The number of para-hydroxylation sites is 1. The van der Waals surface area contributed by atoms with Crippen molar-refractivity contribution < 1.29 is 4.74 Å². The van der Waals surface area contributed by atoms with E-state index in [4.69, 9.17) is 4.74 Å². The predicted octanol–water partition coefficient (Wildman–Crippen LogP) is 3.03. The summed E-state index contributed by atoms with van der Waals surface area (Å²) < 4.78 is 5.18. The van der Waals surface area contributed by atoms with E-state index in [1.807, 2.05) is 42.0 Å². The molecule has 0 saturated carbocycles. The smallest absolute Gasteiger partial charge is 0.126 e. The third-order valence-corrected chi connectivity index (χ3v) is 1.93. The van der Waals surface area contributed by atoms with Crippen LogP contribution in [0.5, 0.6) is 5.75 Å². The van der Waals surface area contributed by atoms with Gasteiger partial charge in [-0.15, -0.1) is 11.8 Å². The van der Waals surface area contributed by atoms with Gasteiger partial charge in [0.2, 0.25) is 0 Å². The summed E-state index contributed by atoms with van der Waals surface area (Å²) in [6, 6.07) is 7.96. The van der Waals surface area contributed by atoms with Crippen LogP contribution in [0, 0.1) is 0 Å². The molecule has 2 heteroatoms. The van der Waals surface area contributed by atoms with Crippen molar-refractivity contribution in [2.24, 2.45) is 0 Å². The Bertz CT molecular complexity index is 268. The van der Waals surface area contributed by atoms with Gasteiger partial charge in [-0.2, -0.15) is 0 Å². The van der Waals surface area contributed by atoms with Crippen molar-refractivity contribution >= 4 is 17.8 Å². The third-order valence-electron chi connectivity index (χ3n) is 1.52. The fourth-order valence-electron chi connectivity index (χ4n) is 0.945. The summed E-state index contributed by atoms with van der Waals surface area (Å²) in [4.78, 5) is 0. The number of hydrogen-bond donors (Lipinski definition) is 0. The molecular formula is C10H12OS. The highest BCUT2D eigenvalue weighted by Gasteiger charge is 1.94. The van der Waals surface area contributed by atoms with E-state index in [1.165, 1.54) is 0 Å². The predicted molar refractivity (Wildman–Crippen MR) is 55.5 cm³/mol. The fraction of sp³-hybridized carbons (Fsp3) is 0.200. The number of benzene rings is 1. The molecule has 0 fully saturated rings. The minimum absolute atomic E-state index is 0.919. The van der Waals surface area contributed by atoms with Crippen LogP contribution in [0.25, 0.3) is 6.08 Å². The minimum atomic E-state index is 0.919. The van der Waals surface area contributed by atoms with Crippen molar-refractivity contribution in [2.45, 2.75) is 0 Å². The molecule has 0 N–H and O–H groups in total. The van der Waals surface area contributed by atoms with E-state index in [2.05, 4.69) is 0 Å². The first-order chi connectivity index (χ1) is 5.88. The van der Waals surface area contributed by atoms with Crippen LogP contribution in [-0.2, 0) is 0 Å². The lowest BCUT2D eigenvalue weighted by atomic mass is 10.2. The van der Waals surface area contributed by atoms with Crippen LogP contribution in [0.1, 0.15) is 5.56 Å². The zero-order valence-electron chi connectivity index (χ0n) is 7.28. The second kappa shape index (κ2) is 4.88. The molecule has 0 aromatic heterocycles. The second-order valence-corrected chi connectivity index (χ2v) is 3.02. The average Bonchev–Trinajstić information content (AvgIpc) is 2.15. The van der Waals surface area contributed by atoms with Crippen molar-refractivity contribution in [3.63, 3.8) is 0 Å². The lowest BCUT2D eigenvalue weighted by molar-refractivity contribution is 0.414. The van der Waals surface area contributed by atoms with Crippen molar-refractivity contribution in [3.8, 4) is 5.75 Å². The zero-order valence-corrected chi connectivity index (χ0v) is 8.10. The van der Waals surface area contributed by atoms with Gasteiger partial charge in [-0.05, 0) is 23.8 Å². The van der Waals surface area contributed by atoms with Crippen LogP contribution < -0.4 is 4.74 Å². The maximum atomic E-state index is 5.18. The Kier molecular flexibility index (Phi) is 3.74. The van der Waals surface area contributed by atoms with Gasteiger partial charge in [-0.1, -0.05) is 18.2 Å². The van der Waals surface area contributed by atoms with Crippen LogP contribution in [0.3, 0.4) is 0 Å². The number of rotatable bonds is 3. The third kappa shape index (κ3) is 2.31. The summed E-state index contributed by atoms with van der Waals surface area (Å²) in [5.74, 6) is 0.919. The summed E-state index contributed by atoms with van der Waals surface area (Å²) in [7, 11) is 1.69. The van der Waals surface area contributed by atoms with E-state index in [1.54, 1.807) is 18.9 Å². The van der Waals surface area contributed by atoms with Gasteiger partial charge >= 0.3 is 0 Å². The van der Waals surface area contributed by atoms with Crippen LogP contribution in [0.4, 0.5) is 0 Å². The Morgan fingerprint density at radius 2 is 2.08 bits per heavy atom. The largest absolute Gasteiger partial charge is 0.496 e. The lowest BCUT2D eigenvalue weighted by Crippen LogP contribution is -1.84. The maximum absolute atomic E-state index is 5.18. The minimum Gasteiger partial charge on any atom is -0.496 e. The summed E-state index contributed by atoms with van der Waals surface area (Å²) in [5.41, 5.74) is 1.12. The fourth-order valence-corrected chi connectivity index (χ4v) is 1.23. The Hall–Kier alpha value is -0.890. The van der Waals surface area contributed by atoms with Gasteiger partial charge in [-0.3, -0.25) is 0 Å². The lowest BCUT2D eigenvalue weighted by Gasteiger charge is -2.02. The summed E-state index contributed by atoms with van der Waals surface area (Å²) in [6.45, 7) is 0. The molecule has 12 heavy (non-hydrogen) atoms. The molecule has 0 unspecified atom stereocenters. The maximum Gasteiger partial charge on any atom is 0.126 e. The van der Waals surface area contributed by atoms with Crippen molar-refractivity contribution in [3.05, 3.63) is 35.2 Å². The molecule has 0 aliphatic rings. The highest BCUT2D eigenvalue weighted by Crippen LogP contribution is 2.19. The second-order valence-electron chi connectivity index (χ2n) is 2.28. The van der Waals surface area contributed by atoms with Crippen LogP contribution in [-0.4, -0.2) is 13.4 Å². The van der Waals surface area contributed by atoms with E-state index in [9.17, 15) is 0 Å². The molecule has 1 aromatic rings. The molecule has 0 radical (unpaired) electrons. The Balaban J connectivity index is 2.89. The van der Waals surface area contributed by atoms with E-state index in [0.29, 0.717) is 0 Å². The molecule has 0 atom stereocenters. The van der Waals surface area contributed by atoms with Gasteiger partial charge in [0.25, 0.3) is 0 Å². The molecule has 0 saturated heterocycles. The van der Waals surface area contributed by atoms with Gasteiger partial charge in [0, 0.05) is 5.56 Å². The quantitative estimate of drug-likeness (QED) is 0.707. The Morgan fingerprint density at radius 1 is 1.33 bits per heavy atom. The number of methoxy groups -OCH3 is 1. The zero-order chi connectivity index (χ0) is 8.81. The van der Waals surface area contributed by atoms with Gasteiger partial charge in [-0.25, -0.2) is 0 Å². The highest BCUT2D eigenvalue weighted by atomic mass is 32.2. The van der Waals surface area contributed by atoms with Gasteiger partial charge in [0.1, 0.15) is 5.75 Å². The van der Waals surface area contributed by atoms with E-state index < -0.39 is 0 Å². The molecule has 64 valence electrons. The summed E-state index contributed by atoms with van der Waals surface area (Å²) in [5, 5.41) is 2.04. The molecule has 0 amide bonds. The number of ether oxygens (including phenoxy) is 1. The van der Waals surface area contributed by atoms with Crippen LogP contribution >= 0.6 is 11.8 Å². The molecule has 0 aliphatic carbocycles. The molecular weight excluding hydrogens is 168 g/mol. The highest BCUT2D eigenvalue weighted by molar-refractivity contribution is 8.01. The van der Waals surface area contributed by atoms with Gasteiger partial charge in [0.05, 0.1) is 7.11 Å². The van der Waals surface area contributed by atoms with E-state index in [0.717, 1.165) is 11.3 Å². The molecule has 0 bridgehead atoms. The monoisotopic (exact) mass is 180 g/mol. The normalized spacial score (nSPS) is 10.5. The van der Waals surface area contributed by atoms with Crippen molar-refractivity contribution in [2.75, 3.05) is 13.4 Å². The molecule has 0 spiro atoms. The number of hydrogen-bond acceptors (Lipinski definition) is 2. The number of thioether (sulfide) groups is 1. The van der Waals surface area contributed by atoms with E-state index >= 15 is 0 Å². The topological polar surface area (TPSA) is 9.23 Å². The van der Waals surface area contributed by atoms with Crippen LogP contribution in [0.2, 0.25) is 0 Å².